The molecule has 0 bridgehead atoms. The van der Waals surface area contributed by atoms with Gasteiger partial charge in [0.1, 0.15) is 0 Å². The summed E-state index contributed by atoms with van der Waals surface area (Å²) < 4.78 is 0. The number of anilines is 18. The lowest BCUT2D eigenvalue weighted by molar-refractivity contribution is 1.26. The Morgan fingerprint density at radius 3 is 0.467 bits per heavy atom. The van der Waals surface area contributed by atoms with Crippen LogP contribution < -0.4 is 29.4 Å². The third-order valence-corrected chi connectivity index (χ3v) is 28.0. The molecule has 0 aliphatic rings. The van der Waals surface area contributed by atoms with Crippen molar-refractivity contribution in [2.45, 2.75) is 13.8 Å². The number of fused-ring (bicyclic) bond motifs is 4. The normalized spacial score (nSPS) is 11.0. The summed E-state index contributed by atoms with van der Waals surface area (Å²) in [6.07, 6.45) is 0. The van der Waals surface area contributed by atoms with Crippen molar-refractivity contribution in [3.63, 3.8) is 0 Å². The third kappa shape index (κ3) is 20.5. The topological polar surface area (TPSA) is 19.4 Å². The molecule has 25 rings (SSSR count). The van der Waals surface area contributed by atoms with Crippen LogP contribution in [0.4, 0.5) is 102 Å². The van der Waals surface area contributed by atoms with Crippen LogP contribution in [0.15, 0.2) is 619 Å². The highest BCUT2D eigenvalue weighted by Gasteiger charge is 2.28. The van der Waals surface area contributed by atoms with E-state index in [0.29, 0.717) is 0 Å². The van der Waals surface area contributed by atoms with Crippen LogP contribution in [-0.2, 0) is 0 Å². The molecule has 0 heterocycles. The first kappa shape index (κ1) is 94.0. The lowest BCUT2D eigenvalue weighted by Crippen LogP contribution is -2.14. The van der Waals surface area contributed by atoms with Crippen molar-refractivity contribution in [3.8, 4) is 66.8 Å². The lowest BCUT2D eigenvalue weighted by atomic mass is 9.95. The number of para-hydroxylation sites is 4. The predicted octanol–water partition coefficient (Wildman–Crippen LogP) is 41.1. The van der Waals surface area contributed by atoms with Gasteiger partial charge in [-0.25, -0.2) is 0 Å². The van der Waals surface area contributed by atoms with Crippen LogP contribution in [0.5, 0.6) is 0 Å². The van der Waals surface area contributed by atoms with Gasteiger partial charge >= 0.3 is 0 Å². The van der Waals surface area contributed by atoms with Crippen molar-refractivity contribution in [2.24, 2.45) is 0 Å². The molecule has 25 aromatic rings. The molecule has 0 spiro atoms. The Kier molecular flexibility index (Phi) is 27.5. The Hall–Kier alpha value is -19.7. The summed E-state index contributed by atoms with van der Waals surface area (Å²) in [5.41, 5.74) is 37.0. The number of aryl methyl sites for hydroxylation is 2. The lowest BCUT2D eigenvalue weighted by Gasteiger charge is -2.32. The van der Waals surface area contributed by atoms with E-state index in [0.717, 1.165) is 91.0 Å². The second-order valence-corrected chi connectivity index (χ2v) is 37.7. The van der Waals surface area contributed by atoms with Gasteiger partial charge in [0.15, 0.2) is 0 Å². The van der Waals surface area contributed by atoms with Crippen molar-refractivity contribution in [2.75, 3.05) is 29.4 Å². The maximum Gasteiger partial charge on any atom is 0.0619 e. The van der Waals surface area contributed by atoms with Gasteiger partial charge in [0.2, 0.25) is 0 Å². The maximum absolute atomic E-state index is 2.42. The summed E-state index contributed by atoms with van der Waals surface area (Å²) in [7, 11) is 0. The van der Waals surface area contributed by atoms with Crippen LogP contribution in [0.25, 0.3) is 110 Å². The Bertz CT molecular complexity index is 8520. The molecular formula is C144H108N6. The first-order valence-corrected chi connectivity index (χ1v) is 51.3. The van der Waals surface area contributed by atoms with Crippen LogP contribution in [0.2, 0.25) is 0 Å². The predicted molar refractivity (Wildman–Crippen MR) is 640 cm³/mol. The van der Waals surface area contributed by atoms with E-state index in [1.165, 1.54) is 132 Å². The molecule has 0 N–H and O–H groups in total. The largest absolute Gasteiger partial charge is 0.311 e. The van der Waals surface area contributed by atoms with E-state index in [1.54, 1.807) is 0 Å². The minimum absolute atomic E-state index is 1.08. The number of nitrogens with zero attached hydrogens (tertiary/aromatic N) is 6. The first-order valence-electron chi connectivity index (χ1n) is 51.3. The molecular weight excluding hydrogens is 1810 g/mol. The monoisotopic (exact) mass is 1920 g/mol. The van der Waals surface area contributed by atoms with Gasteiger partial charge in [0, 0.05) is 113 Å². The SMILES string of the molecule is Cc1ccc(N(c2ccc(C)cc2)c2c3ccccc3c(N(c3ccccc3)c3ccccc3)c3ccccc23)cc1.c1ccc(-c2ccc(-c3ccc(N(c4ccccc4)c4ccc(-c5ccc(N(c6ccccc6)c6ccc(-c7ccccc7)cc6)cc5)cc4)cc3)cc2)cc1.c1ccc(-c2ccc(N(c3ccc(-c4ccccc4)cc3)c3ccc(N(c4ccc5ccccc5c4)c4ccc5ccccc5c4)cc3)cc2)cc1. The van der Waals surface area contributed by atoms with Gasteiger partial charge in [-0.3, -0.25) is 0 Å². The summed E-state index contributed by atoms with van der Waals surface area (Å²) in [5, 5.41) is 9.68. The molecule has 0 saturated heterocycles. The first-order chi connectivity index (χ1) is 74.2. The molecule has 6 nitrogen and oxygen atoms in total. The van der Waals surface area contributed by atoms with Crippen LogP contribution in [0.1, 0.15) is 11.1 Å². The van der Waals surface area contributed by atoms with Crippen molar-refractivity contribution in [1.82, 2.24) is 0 Å². The Labute approximate surface area is 879 Å². The third-order valence-electron chi connectivity index (χ3n) is 28.0. The highest BCUT2D eigenvalue weighted by atomic mass is 15.2. The van der Waals surface area contributed by atoms with Crippen LogP contribution in [0.3, 0.4) is 0 Å². The summed E-state index contributed by atoms with van der Waals surface area (Å²) in [6.45, 7) is 4.28. The molecule has 25 aromatic carbocycles. The van der Waals surface area contributed by atoms with Crippen molar-refractivity contribution in [1.29, 1.82) is 0 Å². The van der Waals surface area contributed by atoms with Crippen LogP contribution in [0, 0.1) is 13.8 Å². The Balaban J connectivity index is 0.000000125. The second-order valence-electron chi connectivity index (χ2n) is 37.7. The zero-order valence-electron chi connectivity index (χ0n) is 83.6. The highest BCUT2D eigenvalue weighted by molar-refractivity contribution is 6.23. The average molecular weight is 1920 g/mol. The molecule has 0 aliphatic heterocycles. The molecule has 150 heavy (non-hydrogen) atoms. The fraction of sp³-hybridized carbons (Fsp3) is 0.0139. The molecule has 0 saturated carbocycles. The van der Waals surface area contributed by atoms with Gasteiger partial charge in [-0.1, -0.05) is 436 Å². The van der Waals surface area contributed by atoms with Crippen molar-refractivity contribution in [3.05, 3.63) is 630 Å². The number of rotatable bonds is 24. The number of hydrogen-bond donors (Lipinski definition) is 0. The Morgan fingerprint density at radius 2 is 0.240 bits per heavy atom. The van der Waals surface area contributed by atoms with Gasteiger partial charge in [0.25, 0.3) is 0 Å². The zero-order valence-corrected chi connectivity index (χ0v) is 83.6. The summed E-state index contributed by atoms with van der Waals surface area (Å²) in [6, 6.07) is 222. The van der Waals surface area contributed by atoms with Crippen molar-refractivity contribution < 1.29 is 0 Å². The van der Waals surface area contributed by atoms with Gasteiger partial charge in [-0.2, -0.15) is 0 Å². The van der Waals surface area contributed by atoms with E-state index >= 15 is 0 Å². The van der Waals surface area contributed by atoms with Crippen molar-refractivity contribution >= 4 is 145 Å². The van der Waals surface area contributed by atoms with E-state index in [4.69, 9.17) is 0 Å². The fourth-order valence-electron chi connectivity index (χ4n) is 20.4. The minimum Gasteiger partial charge on any atom is -0.311 e. The smallest absolute Gasteiger partial charge is 0.0619 e. The minimum atomic E-state index is 1.08. The van der Waals surface area contributed by atoms with Crippen LogP contribution in [-0.4, -0.2) is 0 Å². The van der Waals surface area contributed by atoms with Gasteiger partial charge in [0.05, 0.1) is 11.4 Å². The zero-order chi connectivity index (χ0) is 101. The second kappa shape index (κ2) is 43.9. The summed E-state index contributed by atoms with van der Waals surface area (Å²) >= 11 is 0. The molecule has 0 unspecified atom stereocenters. The molecule has 6 heteroatoms. The number of benzene rings is 25. The maximum atomic E-state index is 2.42. The van der Waals surface area contributed by atoms with E-state index in [2.05, 4.69) is 662 Å². The van der Waals surface area contributed by atoms with Crippen LogP contribution >= 0.6 is 0 Å². The molecule has 0 aromatic heterocycles. The van der Waals surface area contributed by atoms with Gasteiger partial charge in [-0.15, -0.1) is 0 Å². The Morgan fingerprint density at radius 1 is 0.100 bits per heavy atom. The highest BCUT2D eigenvalue weighted by Crippen LogP contribution is 2.53. The quantitative estimate of drug-likeness (QED) is 0.0440. The average Bonchev–Trinajstić information content (AvgIpc) is 0.720. The molecule has 0 atom stereocenters. The standard InChI is InChI=1S/C54H40N2.C50H36N2.C40H32N2/c1-5-13-41(14-6-1)43-21-23-44(24-22-43)46-27-35-52(36-28-46)56(50-19-11-4-12-20-50)54-39-31-48(32-40-54)47-29-37-53(38-30-47)55(49-17-9-3-10-18-49)51-33-25-45(26-34-51)42-15-7-2-8-16-42;1-3-11-37(12-4-1)41-19-25-45(26-20-41)51(46-27-21-42(22-28-46)38-13-5-2-6-14-38)47-31-33-48(34-32-47)52(49-29-23-39-15-7-9-17-43(39)35-49)50-30-24-40-16-8-10-18-44(40)36-50;1-29-21-25-33(26-22-29)42(34-27-23-30(2)24-28-34)40-37-19-11-9-17-35(37)39(36-18-10-12-20-38(36)40)41(31-13-5-3-6-14-31)32-15-7-4-8-16-32/h1-40H;1-36H;3-28H,1-2H3. The van der Waals surface area contributed by atoms with E-state index in [-0.39, 0.29) is 0 Å². The molecule has 0 amide bonds. The van der Waals surface area contributed by atoms with Gasteiger partial charge in [-0.05, 0) is 296 Å². The van der Waals surface area contributed by atoms with E-state index in [1.807, 2.05) is 0 Å². The van der Waals surface area contributed by atoms with E-state index in [9.17, 15) is 0 Å². The molecule has 0 aliphatic carbocycles. The molecule has 0 radical (unpaired) electrons. The molecule has 714 valence electrons. The summed E-state index contributed by atoms with van der Waals surface area (Å²) in [5.74, 6) is 0. The molecule has 0 fully saturated rings. The van der Waals surface area contributed by atoms with E-state index < -0.39 is 0 Å². The fourth-order valence-corrected chi connectivity index (χ4v) is 20.4. The number of hydrogen-bond acceptors (Lipinski definition) is 6. The summed E-state index contributed by atoms with van der Waals surface area (Å²) in [4.78, 5) is 14.1. The van der Waals surface area contributed by atoms with Gasteiger partial charge < -0.3 is 29.4 Å².